The van der Waals surface area contributed by atoms with Gasteiger partial charge in [0.1, 0.15) is 0 Å². The summed E-state index contributed by atoms with van der Waals surface area (Å²) in [5.74, 6) is 0. The highest BCUT2D eigenvalue weighted by Gasteiger charge is 2.16. The molecule has 0 heterocycles. The van der Waals surface area contributed by atoms with Crippen molar-refractivity contribution in [2.75, 3.05) is 39.3 Å². The number of nitrogens with two attached hydrogens (primary N) is 2. The lowest BCUT2D eigenvalue weighted by Gasteiger charge is -2.25. The molecule has 0 radical (unpaired) electrons. The summed E-state index contributed by atoms with van der Waals surface area (Å²) < 4.78 is 0. The maximum absolute atomic E-state index is 5.43. The van der Waals surface area contributed by atoms with Crippen LogP contribution in [0.4, 0.5) is 0 Å². The fraction of sp³-hybridized carbons (Fsp3) is 1.00. The second kappa shape index (κ2) is 9.09. The van der Waals surface area contributed by atoms with Crippen molar-refractivity contribution in [2.24, 2.45) is 16.9 Å². The molecule has 0 aromatic heterocycles. The van der Waals surface area contributed by atoms with Gasteiger partial charge in [0, 0.05) is 13.1 Å². The molecular weight excluding hydrogens is 188 g/mol. The van der Waals surface area contributed by atoms with E-state index in [1.165, 1.54) is 0 Å². The molecule has 0 aliphatic rings. The largest absolute Gasteiger partial charge is 0.330 e. The Hall–Kier alpha value is -0.160. The van der Waals surface area contributed by atoms with Crippen molar-refractivity contribution in [1.82, 2.24) is 10.6 Å². The van der Waals surface area contributed by atoms with Gasteiger partial charge in [-0.1, -0.05) is 13.8 Å². The van der Waals surface area contributed by atoms with Crippen LogP contribution in [-0.2, 0) is 0 Å². The van der Waals surface area contributed by atoms with Crippen molar-refractivity contribution in [3.05, 3.63) is 0 Å². The first-order valence-electron chi connectivity index (χ1n) is 5.94. The molecule has 4 heteroatoms. The first-order chi connectivity index (χ1) is 7.12. The molecule has 0 fully saturated rings. The van der Waals surface area contributed by atoms with Gasteiger partial charge < -0.3 is 22.1 Å². The van der Waals surface area contributed by atoms with E-state index in [0.717, 1.165) is 52.1 Å². The van der Waals surface area contributed by atoms with E-state index in [4.69, 9.17) is 11.5 Å². The maximum atomic E-state index is 5.43. The first kappa shape index (κ1) is 14.8. The molecule has 0 rings (SSSR count). The van der Waals surface area contributed by atoms with E-state index in [-0.39, 0.29) is 0 Å². The number of rotatable bonds is 10. The van der Waals surface area contributed by atoms with E-state index in [1.807, 2.05) is 0 Å². The smallest absolute Gasteiger partial charge is 0.00147 e. The summed E-state index contributed by atoms with van der Waals surface area (Å²) in [7, 11) is 0. The van der Waals surface area contributed by atoms with Gasteiger partial charge in [0.2, 0.25) is 0 Å². The van der Waals surface area contributed by atoms with Crippen LogP contribution in [0, 0.1) is 5.41 Å². The Labute approximate surface area is 94.2 Å². The van der Waals surface area contributed by atoms with Crippen molar-refractivity contribution in [2.45, 2.75) is 26.7 Å². The lowest BCUT2D eigenvalue weighted by Crippen LogP contribution is -2.39. The van der Waals surface area contributed by atoms with E-state index in [2.05, 4.69) is 24.5 Å². The number of hydrogen-bond donors (Lipinski definition) is 4. The zero-order chi connectivity index (χ0) is 11.6. The van der Waals surface area contributed by atoms with Crippen LogP contribution in [0.25, 0.3) is 0 Å². The Bertz CT molecular complexity index is 123. The zero-order valence-corrected chi connectivity index (χ0v) is 10.3. The van der Waals surface area contributed by atoms with Crippen molar-refractivity contribution in [3.8, 4) is 0 Å². The van der Waals surface area contributed by atoms with E-state index >= 15 is 0 Å². The maximum Gasteiger partial charge on any atom is 0.00147 e. The predicted molar refractivity (Wildman–Crippen MR) is 66.9 cm³/mol. The summed E-state index contributed by atoms with van der Waals surface area (Å²) in [6.07, 6.45) is 2.10. The van der Waals surface area contributed by atoms with Gasteiger partial charge >= 0.3 is 0 Å². The van der Waals surface area contributed by atoms with Gasteiger partial charge in [0.15, 0.2) is 0 Å². The molecule has 0 aromatic carbocycles. The van der Waals surface area contributed by atoms with Gasteiger partial charge in [-0.05, 0) is 44.4 Å². The summed E-state index contributed by atoms with van der Waals surface area (Å²) in [6.45, 7) is 10.1. The Morgan fingerprint density at radius 2 is 1.27 bits per heavy atom. The van der Waals surface area contributed by atoms with Gasteiger partial charge in [0.25, 0.3) is 0 Å². The van der Waals surface area contributed by atoms with E-state index < -0.39 is 0 Å². The van der Waals surface area contributed by atoms with Crippen molar-refractivity contribution in [1.29, 1.82) is 0 Å². The Morgan fingerprint density at radius 3 is 1.60 bits per heavy atom. The van der Waals surface area contributed by atoms with Crippen molar-refractivity contribution >= 4 is 0 Å². The molecule has 0 spiro atoms. The molecule has 0 atom stereocenters. The van der Waals surface area contributed by atoms with Crippen LogP contribution in [0.1, 0.15) is 26.7 Å². The highest BCUT2D eigenvalue weighted by atomic mass is 14.9. The van der Waals surface area contributed by atoms with Crippen LogP contribution in [0.3, 0.4) is 0 Å². The molecule has 6 N–H and O–H groups in total. The minimum atomic E-state index is 0.295. The molecule has 4 nitrogen and oxygen atoms in total. The first-order valence-corrected chi connectivity index (χ1v) is 5.94. The van der Waals surface area contributed by atoms with E-state index in [1.54, 1.807) is 0 Å². The lowest BCUT2D eigenvalue weighted by atomic mass is 9.93. The van der Waals surface area contributed by atoms with Crippen LogP contribution >= 0.6 is 0 Å². The summed E-state index contributed by atoms with van der Waals surface area (Å²) in [5, 5.41) is 6.85. The fourth-order valence-corrected chi connectivity index (χ4v) is 1.37. The predicted octanol–water partition coefficient (Wildman–Crippen LogP) is -0.111. The molecule has 15 heavy (non-hydrogen) atoms. The summed E-state index contributed by atoms with van der Waals surface area (Å²) in [4.78, 5) is 0. The van der Waals surface area contributed by atoms with Gasteiger partial charge in [-0.15, -0.1) is 0 Å². The summed E-state index contributed by atoms with van der Waals surface area (Å²) in [6, 6.07) is 0. The van der Waals surface area contributed by atoms with Gasteiger partial charge in [-0.3, -0.25) is 0 Å². The van der Waals surface area contributed by atoms with Crippen molar-refractivity contribution < 1.29 is 0 Å². The monoisotopic (exact) mass is 216 g/mol. The third-order valence-electron chi connectivity index (χ3n) is 2.32. The molecule has 92 valence electrons. The fourth-order valence-electron chi connectivity index (χ4n) is 1.37. The van der Waals surface area contributed by atoms with Crippen LogP contribution < -0.4 is 22.1 Å². The van der Waals surface area contributed by atoms with Crippen LogP contribution in [-0.4, -0.2) is 39.3 Å². The average molecular weight is 216 g/mol. The molecule has 0 aromatic rings. The van der Waals surface area contributed by atoms with E-state index in [9.17, 15) is 0 Å². The quantitative estimate of drug-likeness (QED) is 0.384. The zero-order valence-electron chi connectivity index (χ0n) is 10.3. The molecular formula is C11H28N4. The molecule has 0 amide bonds. The van der Waals surface area contributed by atoms with E-state index in [0.29, 0.717) is 5.41 Å². The Kier molecular flexibility index (Phi) is 9.00. The number of hydrogen-bond acceptors (Lipinski definition) is 4. The third-order valence-corrected chi connectivity index (χ3v) is 2.32. The molecule has 0 unspecified atom stereocenters. The third kappa shape index (κ3) is 10.1. The SMILES string of the molecule is CC(C)(CNCCCN)CNCCCN. The highest BCUT2D eigenvalue weighted by molar-refractivity contribution is 4.74. The molecule has 0 saturated heterocycles. The van der Waals surface area contributed by atoms with Crippen molar-refractivity contribution in [3.63, 3.8) is 0 Å². The second-order valence-corrected chi connectivity index (χ2v) is 4.80. The Morgan fingerprint density at radius 1 is 0.867 bits per heavy atom. The molecule has 0 saturated carbocycles. The van der Waals surface area contributed by atoms with Gasteiger partial charge in [-0.2, -0.15) is 0 Å². The standard InChI is InChI=1S/C11H28N4/c1-11(2,9-14-7-3-5-12)10-15-8-4-6-13/h14-15H,3-10,12-13H2,1-2H3. The summed E-state index contributed by atoms with van der Waals surface area (Å²) >= 11 is 0. The van der Waals surface area contributed by atoms with Crippen LogP contribution in [0.5, 0.6) is 0 Å². The lowest BCUT2D eigenvalue weighted by molar-refractivity contribution is 0.320. The normalized spacial score (nSPS) is 12.0. The summed E-state index contributed by atoms with van der Waals surface area (Å²) in [5.41, 5.74) is 11.2. The minimum Gasteiger partial charge on any atom is -0.330 e. The Balaban J connectivity index is 3.40. The molecule has 0 bridgehead atoms. The minimum absolute atomic E-state index is 0.295. The van der Waals surface area contributed by atoms with Crippen LogP contribution in [0.2, 0.25) is 0 Å². The highest BCUT2D eigenvalue weighted by Crippen LogP contribution is 2.11. The average Bonchev–Trinajstić information content (AvgIpc) is 2.20. The van der Waals surface area contributed by atoms with Crippen LogP contribution in [0.15, 0.2) is 0 Å². The topological polar surface area (TPSA) is 76.1 Å². The van der Waals surface area contributed by atoms with Gasteiger partial charge in [-0.25, -0.2) is 0 Å². The molecule has 0 aliphatic carbocycles. The molecule has 0 aliphatic heterocycles. The number of nitrogens with one attached hydrogen (secondary N) is 2. The van der Waals surface area contributed by atoms with Gasteiger partial charge in [0.05, 0.1) is 0 Å². The second-order valence-electron chi connectivity index (χ2n) is 4.80.